The average Bonchev–Trinajstić information content (AvgIpc) is 2.49. The number of non-ortho nitro benzene ring substituents is 1. The van der Waals surface area contributed by atoms with E-state index in [1.807, 2.05) is 0 Å². The minimum Gasteiger partial charge on any atom is -0.460 e. The van der Waals surface area contributed by atoms with Crippen molar-refractivity contribution in [3.8, 4) is 5.75 Å². The summed E-state index contributed by atoms with van der Waals surface area (Å²) in [6.45, 7) is -0.598. The maximum Gasteiger partial charge on any atom is 0.271 e. The fourth-order valence-corrected chi connectivity index (χ4v) is 2.21. The van der Waals surface area contributed by atoms with E-state index in [4.69, 9.17) is 26.2 Å². The number of nitro benzene ring substituents is 1. The molecule has 0 spiro atoms. The molecule has 122 valence electrons. The van der Waals surface area contributed by atoms with Gasteiger partial charge in [0, 0.05) is 12.1 Å². The first-order chi connectivity index (χ1) is 10.3. The fraction of sp³-hybridized carbons (Fsp3) is 0.500. The summed E-state index contributed by atoms with van der Waals surface area (Å²) in [5, 5.41) is 48.7. The number of hydrogen-bond acceptors (Lipinski definition) is 8. The van der Waals surface area contributed by atoms with Crippen LogP contribution in [0.5, 0.6) is 5.75 Å². The number of rotatable bonds is 4. The standard InChI is InChI=1S/C12H14ClNO8/c13-6-3-5(14(19)20)1-2-7(6)21-12-11(18)10(17)9(16)8(4-15)22-12/h1-3,8-12,15-18H,4H2/t8?,9-,10+,11+,12+/m1/s1. The molecular formula is C12H14ClNO8. The van der Waals surface area contributed by atoms with Crippen molar-refractivity contribution in [2.75, 3.05) is 6.61 Å². The molecule has 1 unspecified atom stereocenters. The Kier molecular flexibility index (Phi) is 5.16. The Hall–Kier alpha value is -1.49. The second-order valence-electron chi connectivity index (χ2n) is 4.69. The van der Waals surface area contributed by atoms with Crippen LogP contribution in [0.1, 0.15) is 0 Å². The van der Waals surface area contributed by atoms with Gasteiger partial charge in [-0.2, -0.15) is 0 Å². The molecule has 1 aliphatic rings. The fourth-order valence-electron chi connectivity index (χ4n) is 1.99. The monoisotopic (exact) mass is 335 g/mol. The van der Waals surface area contributed by atoms with Crippen LogP contribution >= 0.6 is 11.6 Å². The molecule has 1 fully saturated rings. The average molecular weight is 336 g/mol. The highest BCUT2D eigenvalue weighted by Crippen LogP contribution is 2.31. The van der Waals surface area contributed by atoms with Gasteiger partial charge >= 0.3 is 0 Å². The second kappa shape index (κ2) is 6.73. The van der Waals surface area contributed by atoms with E-state index in [9.17, 15) is 25.4 Å². The van der Waals surface area contributed by atoms with Crippen LogP contribution in [0.2, 0.25) is 5.02 Å². The lowest BCUT2D eigenvalue weighted by molar-refractivity contribution is -0.384. The molecule has 5 atom stereocenters. The molecular weight excluding hydrogens is 322 g/mol. The zero-order valence-electron chi connectivity index (χ0n) is 11.1. The Morgan fingerprint density at radius 3 is 2.50 bits per heavy atom. The molecule has 1 aromatic carbocycles. The van der Waals surface area contributed by atoms with Crippen molar-refractivity contribution in [2.45, 2.75) is 30.7 Å². The Morgan fingerprint density at radius 2 is 1.95 bits per heavy atom. The summed E-state index contributed by atoms with van der Waals surface area (Å²) in [4.78, 5) is 9.98. The van der Waals surface area contributed by atoms with Gasteiger partial charge in [0.2, 0.25) is 6.29 Å². The molecule has 1 heterocycles. The summed E-state index contributed by atoms with van der Waals surface area (Å²) in [7, 11) is 0. The van der Waals surface area contributed by atoms with E-state index < -0.39 is 42.2 Å². The molecule has 9 nitrogen and oxygen atoms in total. The molecule has 0 amide bonds. The quantitative estimate of drug-likeness (QED) is 0.423. The van der Waals surface area contributed by atoms with Crippen molar-refractivity contribution in [1.29, 1.82) is 0 Å². The summed E-state index contributed by atoms with van der Waals surface area (Å²) in [5.41, 5.74) is -0.244. The number of benzene rings is 1. The van der Waals surface area contributed by atoms with Crippen LogP contribution in [0.15, 0.2) is 18.2 Å². The molecule has 0 aliphatic carbocycles. The summed E-state index contributed by atoms with van der Waals surface area (Å²) in [5.74, 6) is -0.0170. The lowest BCUT2D eigenvalue weighted by Gasteiger charge is -2.39. The summed E-state index contributed by atoms with van der Waals surface area (Å²) >= 11 is 5.85. The number of hydrogen-bond donors (Lipinski definition) is 4. The van der Waals surface area contributed by atoms with Crippen LogP contribution in [-0.4, -0.2) is 62.7 Å². The van der Waals surface area contributed by atoms with Gasteiger partial charge in [-0.25, -0.2) is 0 Å². The number of nitro groups is 1. The Bertz CT molecular complexity index is 554. The molecule has 10 heteroatoms. The van der Waals surface area contributed by atoms with Crippen LogP contribution in [0.4, 0.5) is 5.69 Å². The minimum atomic E-state index is -1.59. The molecule has 0 aromatic heterocycles. The first-order valence-electron chi connectivity index (χ1n) is 6.26. The Balaban J connectivity index is 2.17. The van der Waals surface area contributed by atoms with E-state index >= 15 is 0 Å². The van der Waals surface area contributed by atoms with Gasteiger partial charge in [0.25, 0.3) is 5.69 Å². The van der Waals surface area contributed by atoms with Crippen molar-refractivity contribution in [3.05, 3.63) is 33.3 Å². The molecule has 0 saturated carbocycles. The van der Waals surface area contributed by atoms with Crippen molar-refractivity contribution < 1.29 is 34.8 Å². The van der Waals surface area contributed by atoms with E-state index in [1.54, 1.807) is 0 Å². The molecule has 2 rings (SSSR count). The van der Waals surface area contributed by atoms with E-state index in [2.05, 4.69) is 0 Å². The van der Waals surface area contributed by atoms with E-state index in [-0.39, 0.29) is 16.5 Å². The van der Waals surface area contributed by atoms with Crippen LogP contribution in [-0.2, 0) is 4.74 Å². The second-order valence-corrected chi connectivity index (χ2v) is 5.09. The zero-order valence-corrected chi connectivity index (χ0v) is 11.8. The first kappa shape index (κ1) is 16.9. The predicted octanol–water partition coefficient (Wildman–Crippen LogP) is -0.573. The third-order valence-corrected chi connectivity index (χ3v) is 3.51. The number of nitrogens with zero attached hydrogens (tertiary/aromatic N) is 1. The summed E-state index contributed by atoms with van der Waals surface area (Å²) in [6, 6.07) is 3.41. The van der Waals surface area contributed by atoms with Crippen molar-refractivity contribution in [1.82, 2.24) is 0 Å². The largest absolute Gasteiger partial charge is 0.460 e. The van der Waals surface area contributed by atoms with Crippen molar-refractivity contribution in [2.24, 2.45) is 0 Å². The van der Waals surface area contributed by atoms with Gasteiger partial charge in [0.05, 0.1) is 16.6 Å². The molecule has 0 bridgehead atoms. The molecule has 0 radical (unpaired) electrons. The maximum absolute atomic E-state index is 10.6. The van der Waals surface area contributed by atoms with E-state index in [1.165, 1.54) is 6.07 Å². The molecule has 4 N–H and O–H groups in total. The number of aliphatic hydroxyl groups excluding tert-OH is 4. The third-order valence-electron chi connectivity index (χ3n) is 3.22. The number of halogens is 1. The van der Waals surface area contributed by atoms with Gasteiger partial charge < -0.3 is 29.9 Å². The van der Waals surface area contributed by atoms with Crippen LogP contribution < -0.4 is 4.74 Å². The Labute approximate surface area is 129 Å². The Morgan fingerprint density at radius 1 is 1.27 bits per heavy atom. The predicted molar refractivity (Wildman–Crippen MR) is 72.5 cm³/mol. The normalized spacial score (nSPS) is 31.8. The molecule has 22 heavy (non-hydrogen) atoms. The minimum absolute atomic E-state index is 0.0170. The SMILES string of the molecule is O=[N+]([O-])c1ccc(O[C@H]2OC(CO)[C@@H](O)[C@H](O)[C@@H]2O)c(Cl)c1. The van der Waals surface area contributed by atoms with E-state index in [0.717, 1.165) is 12.1 Å². The summed E-state index contributed by atoms with van der Waals surface area (Å²) < 4.78 is 10.4. The first-order valence-corrected chi connectivity index (χ1v) is 6.64. The van der Waals surface area contributed by atoms with Gasteiger partial charge in [-0.15, -0.1) is 0 Å². The van der Waals surface area contributed by atoms with Crippen molar-refractivity contribution in [3.63, 3.8) is 0 Å². The van der Waals surface area contributed by atoms with E-state index in [0.29, 0.717) is 0 Å². The lowest BCUT2D eigenvalue weighted by Crippen LogP contribution is -2.60. The van der Waals surface area contributed by atoms with Gasteiger partial charge in [0.1, 0.15) is 30.2 Å². The zero-order chi connectivity index (χ0) is 16.4. The highest BCUT2D eigenvalue weighted by molar-refractivity contribution is 6.32. The highest BCUT2D eigenvalue weighted by Gasteiger charge is 2.44. The molecule has 1 aromatic rings. The molecule has 1 aliphatic heterocycles. The van der Waals surface area contributed by atoms with Gasteiger partial charge in [0.15, 0.2) is 0 Å². The van der Waals surface area contributed by atoms with Crippen LogP contribution in [0, 0.1) is 10.1 Å². The number of ether oxygens (including phenoxy) is 2. The highest BCUT2D eigenvalue weighted by atomic mass is 35.5. The summed E-state index contributed by atoms with van der Waals surface area (Å²) in [6.07, 6.45) is -7.22. The van der Waals surface area contributed by atoms with Gasteiger partial charge in [-0.05, 0) is 6.07 Å². The topological polar surface area (TPSA) is 143 Å². The van der Waals surface area contributed by atoms with Crippen molar-refractivity contribution >= 4 is 17.3 Å². The van der Waals surface area contributed by atoms with Crippen LogP contribution in [0.25, 0.3) is 0 Å². The van der Waals surface area contributed by atoms with Gasteiger partial charge in [-0.1, -0.05) is 11.6 Å². The lowest BCUT2D eigenvalue weighted by atomic mass is 9.99. The molecule has 1 saturated heterocycles. The third kappa shape index (κ3) is 3.29. The smallest absolute Gasteiger partial charge is 0.271 e. The van der Waals surface area contributed by atoms with Crippen LogP contribution in [0.3, 0.4) is 0 Å². The maximum atomic E-state index is 10.6. The number of aliphatic hydroxyl groups is 4. The van der Waals surface area contributed by atoms with Gasteiger partial charge in [-0.3, -0.25) is 10.1 Å².